The second-order valence-electron chi connectivity index (χ2n) is 4.40. The standard InChI is InChI=1S/C15H16N2O2.C2H6/c1-10-7-14(15(16)17-8-10)19-11(2)13-6-4-3-5-12(13)9-18;1-2/h3-9,11H,1-2H3,(H2,16,17);1-2H3. The number of carbonyl (C=O) groups is 1. The highest BCUT2D eigenvalue weighted by molar-refractivity contribution is 5.77. The molecule has 0 radical (unpaired) electrons. The molecule has 1 heterocycles. The summed E-state index contributed by atoms with van der Waals surface area (Å²) in [6, 6.07) is 9.17. The molecular formula is C17H22N2O2. The van der Waals surface area contributed by atoms with Gasteiger partial charge in [0, 0.05) is 17.3 Å². The average Bonchev–Trinajstić information content (AvgIpc) is 2.52. The molecular weight excluding hydrogens is 264 g/mol. The topological polar surface area (TPSA) is 65.2 Å². The zero-order valence-electron chi connectivity index (χ0n) is 13.0. The van der Waals surface area contributed by atoms with E-state index >= 15 is 0 Å². The fraction of sp³-hybridized carbons (Fsp3) is 0.294. The lowest BCUT2D eigenvalue weighted by Gasteiger charge is -2.17. The summed E-state index contributed by atoms with van der Waals surface area (Å²) in [6.45, 7) is 7.80. The molecule has 0 aliphatic heterocycles. The van der Waals surface area contributed by atoms with Crippen LogP contribution in [0.25, 0.3) is 0 Å². The first kappa shape index (κ1) is 16.7. The molecule has 4 heteroatoms. The number of anilines is 1. The van der Waals surface area contributed by atoms with Crippen LogP contribution in [0, 0.1) is 6.92 Å². The quantitative estimate of drug-likeness (QED) is 0.864. The number of hydrogen-bond donors (Lipinski definition) is 1. The van der Waals surface area contributed by atoms with Gasteiger partial charge in [0.1, 0.15) is 12.4 Å². The minimum Gasteiger partial charge on any atom is -0.482 e. The van der Waals surface area contributed by atoms with Gasteiger partial charge in [-0.05, 0) is 25.5 Å². The molecule has 21 heavy (non-hydrogen) atoms. The Morgan fingerprint density at radius 2 is 1.95 bits per heavy atom. The van der Waals surface area contributed by atoms with E-state index in [-0.39, 0.29) is 6.10 Å². The zero-order chi connectivity index (χ0) is 15.8. The van der Waals surface area contributed by atoms with Crippen LogP contribution in [0.4, 0.5) is 5.82 Å². The van der Waals surface area contributed by atoms with Gasteiger partial charge in [0.15, 0.2) is 11.6 Å². The molecule has 0 aliphatic carbocycles. The monoisotopic (exact) mass is 286 g/mol. The highest BCUT2D eigenvalue weighted by Gasteiger charge is 2.13. The van der Waals surface area contributed by atoms with E-state index in [2.05, 4.69) is 4.98 Å². The molecule has 2 rings (SSSR count). The summed E-state index contributed by atoms with van der Waals surface area (Å²) in [5.74, 6) is 0.884. The van der Waals surface area contributed by atoms with Gasteiger partial charge in [-0.3, -0.25) is 4.79 Å². The Hall–Kier alpha value is -2.36. The molecule has 1 aromatic carbocycles. The molecule has 0 aliphatic rings. The Bertz CT molecular complexity index is 597. The Labute approximate surface area is 126 Å². The number of carbonyl (C=O) groups excluding carboxylic acids is 1. The van der Waals surface area contributed by atoms with Crippen molar-refractivity contribution in [1.29, 1.82) is 0 Å². The number of hydrogen-bond acceptors (Lipinski definition) is 4. The van der Waals surface area contributed by atoms with Gasteiger partial charge in [-0.2, -0.15) is 0 Å². The fourth-order valence-corrected chi connectivity index (χ4v) is 1.89. The number of nitrogen functional groups attached to an aromatic ring is 1. The van der Waals surface area contributed by atoms with Gasteiger partial charge in [-0.1, -0.05) is 38.1 Å². The Morgan fingerprint density at radius 3 is 2.62 bits per heavy atom. The molecule has 0 amide bonds. The van der Waals surface area contributed by atoms with Crippen LogP contribution in [-0.2, 0) is 0 Å². The highest BCUT2D eigenvalue weighted by atomic mass is 16.5. The maximum atomic E-state index is 11.0. The Morgan fingerprint density at radius 1 is 1.29 bits per heavy atom. The molecule has 4 nitrogen and oxygen atoms in total. The predicted octanol–water partition coefficient (Wildman–Crippen LogP) is 3.95. The minimum atomic E-state index is -0.271. The second-order valence-corrected chi connectivity index (χ2v) is 4.40. The largest absolute Gasteiger partial charge is 0.482 e. The van der Waals surface area contributed by atoms with Crippen LogP contribution in [0.2, 0.25) is 0 Å². The summed E-state index contributed by atoms with van der Waals surface area (Å²) < 4.78 is 5.81. The van der Waals surface area contributed by atoms with Gasteiger partial charge in [-0.15, -0.1) is 0 Å². The third-order valence-electron chi connectivity index (χ3n) is 2.88. The average molecular weight is 286 g/mol. The molecule has 112 valence electrons. The van der Waals surface area contributed by atoms with E-state index in [1.54, 1.807) is 12.3 Å². The molecule has 2 N–H and O–H groups in total. The maximum Gasteiger partial charge on any atom is 0.166 e. The lowest BCUT2D eigenvalue weighted by molar-refractivity contribution is 0.111. The molecule has 0 spiro atoms. The van der Waals surface area contributed by atoms with Crippen molar-refractivity contribution in [3.05, 3.63) is 53.2 Å². The lowest BCUT2D eigenvalue weighted by atomic mass is 10.0. The van der Waals surface area contributed by atoms with E-state index in [1.807, 2.05) is 52.0 Å². The zero-order valence-corrected chi connectivity index (χ0v) is 13.0. The molecule has 1 atom stereocenters. The first-order valence-electron chi connectivity index (χ1n) is 7.04. The number of pyridine rings is 1. The predicted molar refractivity (Wildman–Crippen MR) is 85.6 cm³/mol. The number of aromatic nitrogens is 1. The summed E-state index contributed by atoms with van der Waals surface area (Å²) in [6.07, 6.45) is 2.24. The summed E-state index contributed by atoms with van der Waals surface area (Å²) in [5, 5.41) is 0. The summed E-state index contributed by atoms with van der Waals surface area (Å²) in [4.78, 5) is 15.1. The third kappa shape index (κ3) is 4.31. The van der Waals surface area contributed by atoms with E-state index in [1.165, 1.54) is 0 Å². The van der Waals surface area contributed by atoms with Crippen molar-refractivity contribution < 1.29 is 9.53 Å². The van der Waals surface area contributed by atoms with Gasteiger partial charge >= 0.3 is 0 Å². The summed E-state index contributed by atoms with van der Waals surface area (Å²) >= 11 is 0. The molecule has 0 saturated carbocycles. The number of ether oxygens (including phenoxy) is 1. The van der Waals surface area contributed by atoms with Crippen molar-refractivity contribution in [1.82, 2.24) is 4.98 Å². The van der Waals surface area contributed by atoms with Crippen LogP contribution in [-0.4, -0.2) is 11.3 Å². The number of nitrogens with zero attached hydrogens (tertiary/aromatic N) is 1. The minimum absolute atomic E-state index is 0.271. The summed E-state index contributed by atoms with van der Waals surface area (Å²) in [5.41, 5.74) is 8.20. The molecule has 1 aromatic heterocycles. The number of aryl methyl sites for hydroxylation is 1. The van der Waals surface area contributed by atoms with Gasteiger partial charge < -0.3 is 10.5 Å². The number of benzene rings is 1. The third-order valence-corrected chi connectivity index (χ3v) is 2.88. The van der Waals surface area contributed by atoms with E-state index in [9.17, 15) is 4.79 Å². The highest BCUT2D eigenvalue weighted by Crippen LogP contribution is 2.27. The van der Waals surface area contributed by atoms with Crippen LogP contribution in [0.1, 0.15) is 48.4 Å². The molecule has 0 saturated heterocycles. The van der Waals surface area contributed by atoms with E-state index < -0.39 is 0 Å². The fourth-order valence-electron chi connectivity index (χ4n) is 1.89. The first-order valence-corrected chi connectivity index (χ1v) is 7.04. The number of nitrogens with two attached hydrogens (primary N) is 1. The van der Waals surface area contributed by atoms with Crippen molar-refractivity contribution in [2.45, 2.75) is 33.8 Å². The second kappa shape index (κ2) is 8.04. The lowest BCUT2D eigenvalue weighted by Crippen LogP contribution is -2.08. The van der Waals surface area contributed by atoms with Crippen molar-refractivity contribution in [2.75, 3.05) is 5.73 Å². The van der Waals surface area contributed by atoms with Gasteiger partial charge in [0.25, 0.3) is 0 Å². The maximum absolute atomic E-state index is 11.0. The van der Waals surface area contributed by atoms with Crippen molar-refractivity contribution in [2.24, 2.45) is 0 Å². The summed E-state index contributed by atoms with van der Waals surface area (Å²) in [7, 11) is 0. The van der Waals surface area contributed by atoms with Crippen molar-refractivity contribution >= 4 is 12.1 Å². The van der Waals surface area contributed by atoms with Crippen LogP contribution in [0.5, 0.6) is 5.75 Å². The number of aldehydes is 1. The Balaban J connectivity index is 0.00000106. The van der Waals surface area contributed by atoms with E-state index in [0.717, 1.165) is 17.4 Å². The van der Waals surface area contributed by atoms with Gasteiger partial charge in [0.2, 0.25) is 0 Å². The van der Waals surface area contributed by atoms with Crippen LogP contribution >= 0.6 is 0 Å². The van der Waals surface area contributed by atoms with E-state index in [4.69, 9.17) is 10.5 Å². The molecule has 0 fully saturated rings. The van der Waals surface area contributed by atoms with Crippen LogP contribution in [0.15, 0.2) is 36.5 Å². The van der Waals surface area contributed by atoms with Crippen LogP contribution < -0.4 is 10.5 Å². The van der Waals surface area contributed by atoms with Crippen molar-refractivity contribution in [3.8, 4) is 5.75 Å². The smallest absolute Gasteiger partial charge is 0.166 e. The normalized spacial score (nSPS) is 11.0. The molecule has 1 unspecified atom stereocenters. The van der Waals surface area contributed by atoms with E-state index in [0.29, 0.717) is 17.1 Å². The SMILES string of the molecule is CC.Cc1cnc(N)c(OC(C)c2ccccc2C=O)c1. The van der Waals surface area contributed by atoms with Crippen LogP contribution in [0.3, 0.4) is 0 Å². The molecule has 0 bridgehead atoms. The van der Waals surface area contributed by atoms with Gasteiger partial charge in [0.05, 0.1) is 0 Å². The Kier molecular flexibility index (Phi) is 6.40. The number of rotatable bonds is 4. The molecule has 2 aromatic rings. The van der Waals surface area contributed by atoms with Gasteiger partial charge in [-0.25, -0.2) is 4.98 Å². The first-order chi connectivity index (χ1) is 10.1. The van der Waals surface area contributed by atoms with Crippen molar-refractivity contribution in [3.63, 3.8) is 0 Å².